The van der Waals surface area contributed by atoms with Crippen molar-refractivity contribution in [2.75, 3.05) is 6.61 Å². The molecule has 1 heterocycles. The highest BCUT2D eigenvalue weighted by atomic mass is 35.5. The summed E-state index contributed by atoms with van der Waals surface area (Å²) in [7, 11) is 0.383. The summed E-state index contributed by atoms with van der Waals surface area (Å²) in [5.74, 6) is -10.0. The lowest BCUT2D eigenvalue weighted by atomic mass is 10.2. The molecule has 0 atom stereocenters. The Kier molecular flexibility index (Phi) is 5.57. The Balaban J connectivity index is 2.91. The zero-order valence-electron chi connectivity index (χ0n) is 14.0. The Morgan fingerprint density at radius 3 is 2.18 bits per heavy atom. The van der Waals surface area contributed by atoms with Gasteiger partial charge in [0.15, 0.2) is 0 Å². The second-order valence-electron chi connectivity index (χ2n) is 5.38. The second kappa shape index (κ2) is 7.15. The summed E-state index contributed by atoms with van der Waals surface area (Å²) in [4.78, 5) is 24.3. The molecule has 5 nitrogen and oxygen atoms in total. The summed E-state index contributed by atoms with van der Waals surface area (Å²) in [6, 6.07) is 1.31. The van der Waals surface area contributed by atoms with Gasteiger partial charge in [0.05, 0.1) is 17.3 Å². The average molecular weight is 435 g/mol. The number of alkyl halides is 5. The fraction of sp³-hybridized carbons (Fsp3) is 0.333. The number of halogens is 8. The molecule has 0 amide bonds. The van der Waals surface area contributed by atoms with Crippen LogP contribution in [0.15, 0.2) is 21.7 Å². The van der Waals surface area contributed by atoms with Crippen molar-refractivity contribution in [1.82, 2.24) is 9.13 Å². The Morgan fingerprint density at radius 1 is 1.11 bits per heavy atom. The molecule has 154 valence electrons. The molecule has 0 aliphatic carbocycles. The van der Waals surface area contributed by atoms with Crippen molar-refractivity contribution in [2.45, 2.75) is 19.0 Å². The van der Waals surface area contributed by atoms with Crippen LogP contribution in [0, 0.1) is 11.6 Å². The highest BCUT2D eigenvalue weighted by Gasteiger charge is 2.62. The molecule has 0 saturated carbocycles. The molecule has 0 fully saturated rings. The molecule has 1 aromatic carbocycles. The maximum Gasteiger partial charge on any atom is 0.459 e. The van der Waals surface area contributed by atoms with Crippen molar-refractivity contribution in [3.05, 3.63) is 55.3 Å². The highest BCUT2D eigenvalue weighted by molar-refractivity contribution is 6.32. The van der Waals surface area contributed by atoms with Gasteiger partial charge in [-0.25, -0.2) is 13.8 Å². The Labute approximate surface area is 156 Å². The quantitative estimate of drug-likeness (QED) is 0.692. The van der Waals surface area contributed by atoms with Crippen LogP contribution in [0.2, 0.25) is 5.02 Å². The van der Waals surface area contributed by atoms with Crippen molar-refractivity contribution in [2.24, 2.45) is 7.05 Å². The first kappa shape index (κ1) is 21.8. The van der Waals surface area contributed by atoms with Gasteiger partial charge >= 0.3 is 17.8 Å². The minimum absolute atomic E-state index is 0.0167. The third-order valence-corrected chi connectivity index (χ3v) is 3.90. The van der Waals surface area contributed by atoms with Gasteiger partial charge in [0.25, 0.3) is 5.56 Å². The van der Waals surface area contributed by atoms with E-state index in [1.165, 1.54) is 6.92 Å². The van der Waals surface area contributed by atoms with Crippen LogP contribution in [-0.2, 0) is 13.0 Å². The normalized spacial score (nSPS) is 12.4. The van der Waals surface area contributed by atoms with Gasteiger partial charge in [0.2, 0.25) is 5.82 Å². The fourth-order valence-corrected chi connectivity index (χ4v) is 2.54. The van der Waals surface area contributed by atoms with Gasteiger partial charge in [-0.3, -0.25) is 9.36 Å². The molecule has 0 bridgehead atoms. The molecule has 0 spiro atoms. The van der Waals surface area contributed by atoms with Gasteiger partial charge in [-0.2, -0.15) is 26.3 Å². The van der Waals surface area contributed by atoms with Crippen molar-refractivity contribution in [3.8, 4) is 11.4 Å². The maximum absolute atomic E-state index is 14.2. The summed E-state index contributed by atoms with van der Waals surface area (Å²) < 4.78 is 97.7. The second-order valence-corrected chi connectivity index (χ2v) is 5.79. The van der Waals surface area contributed by atoms with Crippen LogP contribution in [0.1, 0.15) is 12.6 Å². The molecule has 0 N–H and O–H groups in total. The van der Waals surface area contributed by atoms with Crippen LogP contribution in [0.5, 0.6) is 5.75 Å². The van der Waals surface area contributed by atoms with Gasteiger partial charge in [-0.15, -0.1) is 0 Å². The van der Waals surface area contributed by atoms with Gasteiger partial charge in [-0.1, -0.05) is 11.6 Å². The number of nitrogens with zero attached hydrogens (tertiary/aromatic N) is 2. The standard InChI is InChI=1S/C15H10ClF7N2O3/c1-3-28-9-5-8(7(17)4-6(9)16)25-12(26)10(18)11(24(2)13(25)27)14(19,20)15(21,22)23/h4-5H,3H2,1-2H3. The lowest BCUT2D eigenvalue weighted by molar-refractivity contribution is -0.293. The molecule has 0 aliphatic heterocycles. The van der Waals surface area contributed by atoms with Gasteiger partial charge < -0.3 is 4.74 Å². The molecular weight excluding hydrogens is 425 g/mol. The Bertz CT molecular complexity index is 1010. The molecular formula is C15H10ClF7N2O3. The molecule has 2 aromatic rings. The third kappa shape index (κ3) is 3.36. The lowest BCUT2D eigenvalue weighted by Crippen LogP contribution is -2.47. The minimum atomic E-state index is -6.29. The van der Waals surface area contributed by atoms with E-state index in [1.54, 1.807) is 0 Å². The van der Waals surface area contributed by atoms with Crippen LogP contribution in [-0.4, -0.2) is 21.9 Å². The first-order valence-corrected chi connectivity index (χ1v) is 7.72. The zero-order valence-corrected chi connectivity index (χ0v) is 14.8. The van der Waals surface area contributed by atoms with E-state index in [1.807, 2.05) is 0 Å². The van der Waals surface area contributed by atoms with E-state index in [4.69, 9.17) is 16.3 Å². The van der Waals surface area contributed by atoms with Crippen LogP contribution in [0.25, 0.3) is 5.69 Å². The first-order chi connectivity index (χ1) is 12.8. The number of hydrogen-bond donors (Lipinski definition) is 0. The van der Waals surface area contributed by atoms with Crippen LogP contribution in [0.3, 0.4) is 0 Å². The van der Waals surface area contributed by atoms with Crippen LogP contribution >= 0.6 is 11.6 Å². The summed E-state index contributed by atoms with van der Waals surface area (Å²) >= 11 is 5.71. The molecule has 28 heavy (non-hydrogen) atoms. The zero-order chi connectivity index (χ0) is 21.6. The summed E-state index contributed by atoms with van der Waals surface area (Å²) in [5.41, 5.74) is -7.48. The molecule has 0 aliphatic rings. The van der Waals surface area contributed by atoms with E-state index in [9.17, 15) is 40.3 Å². The van der Waals surface area contributed by atoms with Crippen LogP contribution in [0.4, 0.5) is 30.7 Å². The van der Waals surface area contributed by atoms with E-state index < -0.39 is 50.9 Å². The number of rotatable bonds is 4. The fourth-order valence-electron chi connectivity index (χ4n) is 2.33. The number of benzene rings is 1. The van der Waals surface area contributed by atoms with Crippen molar-refractivity contribution < 1.29 is 35.5 Å². The predicted molar refractivity (Wildman–Crippen MR) is 83.3 cm³/mol. The van der Waals surface area contributed by atoms with Crippen molar-refractivity contribution >= 4 is 11.6 Å². The monoisotopic (exact) mass is 434 g/mol. The average Bonchev–Trinajstić information content (AvgIpc) is 2.56. The van der Waals surface area contributed by atoms with E-state index in [-0.39, 0.29) is 21.9 Å². The lowest BCUT2D eigenvalue weighted by Gasteiger charge is -2.23. The van der Waals surface area contributed by atoms with Crippen molar-refractivity contribution in [1.29, 1.82) is 0 Å². The minimum Gasteiger partial charge on any atom is -0.492 e. The van der Waals surface area contributed by atoms with Gasteiger partial charge in [-0.05, 0) is 13.0 Å². The van der Waals surface area contributed by atoms with Crippen molar-refractivity contribution in [3.63, 3.8) is 0 Å². The summed E-state index contributed by atoms with van der Waals surface area (Å²) in [6.45, 7) is 1.53. The van der Waals surface area contributed by atoms with E-state index in [0.717, 1.165) is 0 Å². The summed E-state index contributed by atoms with van der Waals surface area (Å²) in [5, 5.41) is -0.284. The highest BCUT2D eigenvalue weighted by Crippen LogP contribution is 2.43. The Hall–Kier alpha value is -2.50. The smallest absolute Gasteiger partial charge is 0.459 e. The molecule has 0 unspecified atom stereocenters. The number of hydrogen-bond acceptors (Lipinski definition) is 3. The third-order valence-electron chi connectivity index (χ3n) is 3.61. The van der Waals surface area contributed by atoms with E-state index in [0.29, 0.717) is 19.2 Å². The Morgan fingerprint density at radius 2 is 1.68 bits per heavy atom. The molecule has 0 radical (unpaired) electrons. The molecule has 13 heteroatoms. The predicted octanol–water partition coefficient (Wildman–Crippen LogP) is 3.52. The SMILES string of the molecule is CCOc1cc(-n2c(=O)c(F)c(C(F)(F)C(F)(F)F)n(C)c2=O)c(F)cc1Cl. The maximum atomic E-state index is 14.2. The molecule has 0 saturated heterocycles. The largest absolute Gasteiger partial charge is 0.492 e. The number of aromatic nitrogens is 2. The number of ether oxygens (including phenoxy) is 1. The van der Waals surface area contributed by atoms with E-state index in [2.05, 4.69) is 0 Å². The van der Waals surface area contributed by atoms with Gasteiger partial charge in [0.1, 0.15) is 17.3 Å². The first-order valence-electron chi connectivity index (χ1n) is 7.34. The van der Waals surface area contributed by atoms with Gasteiger partial charge in [0, 0.05) is 13.1 Å². The summed E-state index contributed by atoms with van der Waals surface area (Å²) in [6.07, 6.45) is -6.29. The van der Waals surface area contributed by atoms with E-state index >= 15 is 0 Å². The molecule has 1 aromatic heterocycles. The van der Waals surface area contributed by atoms with Crippen LogP contribution < -0.4 is 16.0 Å². The topological polar surface area (TPSA) is 53.2 Å². The molecule has 2 rings (SSSR count).